The molecule has 2 aromatic heterocycles. The summed E-state index contributed by atoms with van der Waals surface area (Å²) in [6.45, 7) is 0. The van der Waals surface area contributed by atoms with Gasteiger partial charge in [0, 0.05) is 5.38 Å². The number of aromatic amines is 1. The lowest BCUT2D eigenvalue weighted by atomic mass is 10.2. The highest BCUT2D eigenvalue weighted by Crippen LogP contribution is 2.16. The van der Waals surface area contributed by atoms with Crippen LogP contribution in [-0.4, -0.2) is 9.97 Å². The van der Waals surface area contributed by atoms with Crippen LogP contribution in [0.3, 0.4) is 0 Å². The number of fused-ring (bicyclic) bond motifs is 1. The molecule has 0 unspecified atom stereocenters. The molecule has 3 N–H and O–H groups in total. The van der Waals surface area contributed by atoms with Crippen molar-refractivity contribution in [2.75, 3.05) is 5.73 Å². The second-order valence-electron chi connectivity index (χ2n) is 3.71. The van der Waals surface area contributed by atoms with E-state index in [1.165, 1.54) is 11.3 Å². The minimum Gasteiger partial charge on any atom is -0.408 e. The van der Waals surface area contributed by atoms with E-state index in [2.05, 4.69) is 9.97 Å². The van der Waals surface area contributed by atoms with Gasteiger partial charge < -0.3 is 10.2 Å². The third kappa shape index (κ3) is 2.05. The summed E-state index contributed by atoms with van der Waals surface area (Å²) in [4.78, 5) is 17.7. The number of aromatic nitrogens is 2. The molecule has 0 bridgehead atoms. The van der Waals surface area contributed by atoms with Gasteiger partial charge in [-0.1, -0.05) is 12.1 Å². The maximum absolute atomic E-state index is 11.0. The summed E-state index contributed by atoms with van der Waals surface area (Å²) in [7, 11) is 0. The number of nitrogens with two attached hydrogens (primary N) is 1. The van der Waals surface area contributed by atoms with Crippen LogP contribution in [0.4, 0.5) is 5.13 Å². The van der Waals surface area contributed by atoms with Crippen LogP contribution in [-0.2, 0) is 0 Å². The lowest BCUT2D eigenvalue weighted by molar-refractivity contribution is 0.555. The van der Waals surface area contributed by atoms with Crippen molar-refractivity contribution >= 4 is 39.7 Å². The molecule has 0 spiro atoms. The molecule has 0 atom stereocenters. The Morgan fingerprint density at radius 3 is 3.06 bits per heavy atom. The highest BCUT2D eigenvalue weighted by atomic mass is 32.1. The summed E-state index contributed by atoms with van der Waals surface area (Å²) in [5.41, 5.74) is 8.52. The molecule has 0 fully saturated rings. The Morgan fingerprint density at radius 1 is 1.39 bits per heavy atom. The van der Waals surface area contributed by atoms with E-state index in [1.807, 2.05) is 23.6 Å². The van der Waals surface area contributed by atoms with Crippen molar-refractivity contribution in [1.82, 2.24) is 9.97 Å². The minimum absolute atomic E-state index is 0.446. The van der Waals surface area contributed by atoms with E-state index >= 15 is 0 Å². The van der Waals surface area contributed by atoms with Gasteiger partial charge in [-0.25, -0.2) is 9.78 Å². The summed E-state index contributed by atoms with van der Waals surface area (Å²) in [5.74, 6) is -0.446. The number of hydrogen-bond donors (Lipinski definition) is 2. The molecular formula is C12H9N3O2S. The summed E-state index contributed by atoms with van der Waals surface area (Å²) >= 11 is 1.40. The van der Waals surface area contributed by atoms with Crippen LogP contribution in [0.1, 0.15) is 11.3 Å². The molecular weight excluding hydrogens is 250 g/mol. The van der Waals surface area contributed by atoms with Gasteiger partial charge in [0.2, 0.25) is 0 Å². The average molecular weight is 259 g/mol. The second-order valence-corrected chi connectivity index (χ2v) is 4.60. The molecule has 5 nitrogen and oxygen atoms in total. The van der Waals surface area contributed by atoms with Crippen molar-refractivity contribution in [3.05, 3.63) is 45.4 Å². The third-order valence-electron chi connectivity index (χ3n) is 2.43. The molecule has 1 aromatic carbocycles. The minimum atomic E-state index is -0.446. The molecule has 0 amide bonds. The summed E-state index contributed by atoms with van der Waals surface area (Å²) in [5, 5.41) is 2.42. The van der Waals surface area contributed by atoms with E-state index in [-0.39, 0.29) is 0 Å². The van der Waals surface area contributed by atoms with Gasteiger partial charge >= 0.3 is 5.76 Å². The molecule has 0 aliphatic heterocycles. The van der Waals surface area contributed by atoms with E-state index in [1.54, 1.807) is 12.1 Å². The van der Waals surface area contributed by atoms with Gasteiger partial charge in [0.05, 0.1) is 11.2 Å². The monoisotopic (exact) mass is 259 g/mol. The van der Waals surface area contributed by atoms with Crippen molar-refractivity contribution in [2.45, 2.75) is 0 Å². The number of oxazole rings is 1. The molecule has 90 valence electrons. The van der Waals surface area contributed by atoms with Gasteiger partial charge in [-0.2, -0.15) is 0 Å². The van der Waals surface area contributed by atoms with E-state index in [0.29, 0.717) is 16.2 Å². The van der Waals surface area contributed by atoms with Crippen LogP contribution in [0.15, 0.2) is 32.8 Å². The zero-order valence-electron chi connectivity index (χ0n) is 9.21. The van der Waals surface area contributed by atoms with E-state index in [4.69, 9.17) is 10.2 Å². The molecule has 2 heterocycles. The molecule has 0 aliphatic rings. The van der Waals surface area contributed by atoms with Crippen LogP contribution in [0.2, 0.25) is 0 Å². The fourth-order valence-electron chi connectivity index (χ4n) is 1.62. The standard InChI is InChI=1S/C12H9N3O2S/c13-11-14-8(6-18-11)3-1-7-2-4-9-10(5-7)17-12(16)15-9/h1-6H,(H2,13,14)(H,15,16). The zero-order valence-corrected chi connectivity index (χ0v) is 10.0. The van der Waals surface area contributed by atoms with Gasteiger partial charge in [0.1, 0.15) is 0 Å². The SMILES string of the molecule is Nc1nc(C=Cc2ccc3[nH]c(=O)oc3c2)cs1. The van der Waals surface area contributed by atoms with Crippen LogP contribution in [0.25, 0.3) is 23.3 Å². The molecule has 0 aliphatic carbocycles. The van der Waals surface area contributed by atoms with Crippen molar-refractivity contribution in [1.29, 1.82) is 0 Å². The Bertz CT molecular complexity index is 782. The Kier molecular flexibility index (Phi) is 2.49. The van der Waals surface area contributed by atoms with Gasteiger partial charge in [-0.15, -0.1) is 11.3 Å². The number of nitrogens with zero attached hydrogens (tertiary/aromatic N) is 1. The summed E-state index contributed by atoms with van der Waals surface area (Å²) < 4.78 is 4.99. The number of nitrogens with one attached hydrogen (secondary N) is 1. The Hall–Kier alpha value is -2.34. The van der Waals surface area contributed by atoms with E-state index in [9.17, 15) is 4.79 Å². The first-order chi connectivity index (χ1) is 8.70. The summed E-state index contributed by atoms with van der Waals surface area (Å²) in [6.07, 6.45) is 3.75. The average Bonchev–Trinajstić information content (AvgIpc) is 2.90. The second kappa shape index (κ2) is 4.15. The van der Waals surface area contributed by atoms with Crippen molar-refractivity contribution in [3.8, 4) is 0 Å². The van der Waals surface area contributed by atoms with Gasteiger partial charge in [0.15, 0.2) is 10.7 Å². The molecule has 3 aromatic rings. The molecule has 0 radical (unpaired) electrons. The van der Waals surface area contributed by atoms with Crippen LogP contribution in [0, 0.1) is 0 Å². The number of rotatable bonds is 2. The highest BCUT2D eigenvalue weighted by molar-refractivity contribution is 7.13. The Morgan fingerprint density at radius 2 is 2.28 bits per heavy atom. The molecule has 18 heavy (non-hydrogen) atoms. The predicted molar refractivity (Wildman–Crippen MR) is 72.3 cm³/mol. The van der Waals surface area contributed by atoms with Crippen LogP contribution < -0.4 is 11.5 Å². The molecule has 0 saturated carbocycles. The number of thiazole rings is 1. The first-order valence-corrected chi connectivity index (χ1v) is 6.11. The Balaban J connectivity index is 1.94. The van der Waals surface area contributed by atoms with Crippen LogP contribution in [0.5, 0.6) is 0 Å². The normalized spacial score (nSPS) is 11.6. The fourth-order valence-corrected chi connectivity index (χ4v) is 2.16. The number of hydrogen-bond acceptors (Lipinski definition) is 5. The number of benzene rings is 1. The first-order valence-electron chi connectivity index (χ1n) is 5.23. The zero-order chi connectivity index (χ0) is 12.5. The number of nitrogen functional groups attached to an aromatic ring is 1. The molecule has 6 heteroatoms. The van der Waals surface area contributed by atoms with E-state index in [0.717, 1.165) is 11.3 Å². The van der Waals surface area contributed by atoms with Gasteiger partial charge in [-0.3, -0.25) is 4.98 Å². The fraction of sp³-hybridized carbons (Fsp3) is 0. The predicted octanol–water partition coefficient (Wildman–Crippen LogP) is 2.33. The van der Waals surface area contributed by atoms with Crippen molar-refractivity contribution in [2.24, 2.45) is 0 Å². The highest BCUT2D eigenvalue weighted by Gasteiger charge is 2.00. The third-order valence-corrected chi connectivity index (χ3v) is 3.12. The lowest BCUT2D eigenvalue weighted by Crippen LogP contribution is -1.92. The topological polar surface area (TPSA) is 84.9 Å². The number of anilines is 1. The maximum atomic E-state index is 11.0. The van der Waals surface area contributed by atoms with Crippen molar-refractivity contribution < 1.29 is 4.42 Å². The summed E-state index contributed by atoms with van der Waals surface area (Å²) in [6, 6.07) is 5.48. The van der Waals surface area contributed by atoms with Gasteiger partial charge in [0.25, 0.3) is 0 Å². The maximum Gasteiger partial charge on any atom is 0.417 e. The van der Waals surface area contributed by atoms with Crippen molar-refractivity contribution in [3.63, 3.8) is 0 Å². The lowest BCUT2D eigenvalue weighted by Gasteiger charge is -1.92. The molecule has 3 rings (SSSR count). The quantitative estimate of drug-likeness (QED) is 0.739. The Labute approximate surface area is 106 Å². The first kappa shape index (κ1) is 10.8. The molecule has 0 saturated heterocycles. The van der Waals surface area contributed by atoms with Crippen LogP contribution >= 0.6 is 11.3 Å². The number of H-pyrrole nitrogens is 1. The smallest absolute Gasteiger partial charge is 0.408 e. The van der Waals surface area contributed by atoms with Gasteiger partial charge in [-0.05, 0) is 23.8 Å². The van der Waals surface area contributed by atoms with E-state index < -0.39 is 5.76 Å². The largest absolute Gasteiger partial charge is 0.417 e.